The minimum absolute atomic E-state index is 0.335. The van der Waals surface area contributed by atoms with Gasteiger partial charge in [0.15, 0.2) is 0 Å². The Morgan fingerprint density at radius 1 is 1.33 bits per heavy atom. The summed E-state index contributed by atoms with van der Waals surface area (Å²) in [4.78, 5) is 6.46. The van der Waals surface area contributed by atoms with Crippen molar-refractivity contribution >= 4 is 0 Å². The third-order valence-corrected chi connectivity index (χ3v) is 4.30. The lowest BCUT2D eigenvalue weighted by atomic mass is 9.90. The van der Waals surface area contributed by atoms with Crippen LogP contribution in [0.4, 0.5) is 0 Å². The number of hydrogen-bond acceptors (Lipinski definition) is 6. The number of hydrogen-bond donors (Lipinski definition) is 0. The zero-order valence-corrected chi connectivity index (χ0v) is 12.6. The fraction of sp³-hybridized carbons (Fsp3) is 0.714. The molecule has 7 heteroatoms. The van der Waals surface area contributed by atoms with Crippen molar-refractivity contribution in [3.8, 4) is 0 Å². The molecule has 0 unspecified atom stereocenters. The van der Waals surface area contributed by atoms with Crippen LogP contribution in [0.3, 0.4) is 0 Å². The molecule has 2 atom stereocenters. The Kier molecular flexibility index (Phi) is 4.28. The van der Waals surface area contributed by atoms with Gasteiger partial charge in [-0.15, -0.1) is 10.2 Å². The van der Waals surface area contributed by atoms with Gasteiger partial charge >= 0.3 is 0 Å². The lowest BCUT2D eigenvalue weighted by Gasteiger charge is -2.37. The summed E-state index contributed by atoms with van der Waals surface area (Å²) in [7, 11) is 0. The van der Waals surface area contributed by atoms with Crippen LogP contribution in [0.1, 0.15) is 44.4 Å². The van der Waals surface area contributed by atoms with Gasteiger partial charge in [0.2, 0.25) is 11.8 Å². The zero-order chi connectivity index (χ0) is 14.7. The Balaban J connectivity index is 1.63. The van der Waals surface area contributed by atoms with Crippen LogP contribution in [0.15, 0.2) is 17.1 Å². The van der Waals surface area contributed by atoms with Gasteiger partial charge in [0, 0.05) is 19.0 Å². The maximum absolute atomic E-state index is 5.76. The monoisotopic (exact) mass is 290 g/mol. The van der Waals surface area contributed by atoms with Crippen LogP contribution in [0, 0.1) is 0 Å². The topological polar surface area (TPSA) is 72.9 Å². The fourth-order valence-corrected chi connectivity index (χ4v) is 3.00. The van der Waals surface area contributed by atoms with Gasteiger partial charge in [-0.3, -0.25) is 9.58 Å². The first-order valence-electron chi connectivity index (χ1n) is 7.66. The second-order valence-electron chi connectivity index (χ2n) is 5.57. The number of aromatic nitrogens is 5. The second kappa shape index (κ2) is 6.34. The molecule has 1 aliphatic rings. The third-order valence-electron chi connectivity index (χ3n) is 4.30. The lowest BCUT2D eigenvalue weighted by Crippen LogP contribution is -2.43. The van der Waals surface area contributed by atoms with Crippen molar-refractivity contribution in [1.82, 2.24) is 29.9 Å². The molecule has 0 bridgehead atoms. The summed E-state index contributed by atoms with van der Waals surface area (Å²) < 4.78 is 7.64. The maximum atomic E-state index is 5.76. The molecule has 1 saturated heterocycles. The van der Waals surface area contributed by atoms with E-state index in [0.29, 0.717) is 12.0 Å². The third kappa shape index (κ3) is 3.12. The molecule has 21 heavy (non-hydrogen) atoms. The van der Waals surface area contributed by atoms with E-state index >= 15 is 0 Å². The summed E-state index contributed by atoms with van der Waals surface area (Å²) >= 11 is 0. The standard InChI is InChI=1S/C14H22N6O/c1-3-13-17-18-14(21-13)12-5-4-6-19(11(12)2)7-8-20-10-15-9-16-20/h9-12H,3-8H2,1-2H3/t11-,12-/m0/s1. The predicted molar refractivity (Wildman–Crippen MR) is 76.7 cm³/mol. The Morgan fingerprint density at radius 3 is 2.95 bits per heavy atom. The summed E-state index contributed by atoms with van der Waals surface area (Å²) in [5.41, 5.74) is 0. The van der Waals surface area contributed by atoms with E-state index in [1.54, 1.807) is 12.7 Å². The first-order chi connectivity index (χ1) is 10.3. The van der Waals surface area contributed by atoms with E-state index in [4.69, 9.17) is 4.42 Å². The highest BCUT2D eigenvalue weighted by Crippen LogP contribution is 2.31. The molecule has 0 saturated carbocycles. The molecule has 3 rings (SSSR count). The lowest BCUT2D eigenvalue weighted by molar-refractivity contribution is 0.120. The van der Waals surface area contributed by atoms with Crippen LogP contribution < -0.4 is 0 Å². The Morgan fingerprint density at radius 2 is 2.24 bits per heavy atom. The van der Waals surface area contributed by atoms with Gasteiger partial charge in [-0.05, 0) is 26.3 Å². The number of nitrogens with zero attached hydrogens (tertiary/aromatic N) is 6. The van der Waals surface area contributed by atoms with Crippen molar-refractivity contribution in [2.75, 3.05) is 13.1 Å². The van der Waals surface area contributed by atoms with Crippen LogP contribution >= 0.6 is 0 Å². The summed E-state index contributed by atoms with van der Waals surface area (Å²) in [5.74, 6) is 1.86. The van der Waals surface area contributed by atoms with Gasteiger partial charge in [-0.25, -0.2) is 4.98 Å². The quantitative estimate of drug-likeness (QED) is 0.830. The van der Waals surface area contributed by atoms with Crippen LogP contribution in [-0.4, -0.2) is 49.0 Å². The van der Waals surface area contributed by atoms with E-state index in [9.17, 15) is 0 Å². The van der Waals surface area contributed by atoms with E-state index in [-0.39, 0.29) is 0 Å². The number of likely N-dealkylation sites (tertiary alicyclic amines) is 1. The Bertz CT molecular complexity index is 552. The summed E-state index contributed by atoms with van der Waals surface area (Å²) in [6, 6.07) is 0.410. The van der Waals surface area contributed by atoms with E-state index < -0.39 is 0 Å². The number of rotatable bonds is 5. The average molecular weight is 290 g/mol. The maximum Gasteiger partial charge on any atom is 0.221 e. The van der Waals surface area contributed by atoms with Crippen molar-refractivity contribution in [2.24, 2.45) is 0 Å². The molecule has 2 aromatic heterocycles. The molecular formula is C14H22N6O. The molecule has 3 heterocycles. The highest BCUT2D eigenvalue weighted by molar-refractivity contribution is 4.99. The van der Waals surface area contributed by atoms with Gasteiger partial charge in [0.25, 0.3) is 0 Å². The van der Waals surface area contributed by atoms with Crippen molar-refractivity contribution in [1.29, 1.82) is 0 Å². The largest absolute Gasteiger partial charge is 0.425 e. The normalized spacial score (nSPS) is 23.5. The van der Waals surface area contributed by atoms with Crippen LogP contribution in [0.2, 0.25) is 0 Å². The van der Waals surface area contributed by atoms with Crippen molar-refractivity contribution in [3.05, 3.63) is 24.4 Å². The molecule has 0 aromatic carbocycles. The number of piperidine rings is 1. The smallest absolute Gasteiger partial charge is 0.221 e. The van der Waals surface area contributed by atoms with Gasteiger partial charge in [-0.2, -0.15) is 5.10 Å². The minimum Gasteiger partial charge on any atom is -0.425 e. The van der Waals surface area contributed by atoms with Crippen molar-refractivity contribution in [3.63, 3.8) is 0 Å². The molecule has 2 aromatic rings. The Hall–Kier alpha value is -1.76. The van der Waals surface area contributed by atoms with Gasteiger partial charge in [0.1, 0.15) is 12.7 Å². The molecular weight excluding hydrogens is 268 g/mol. The molecule has 0 amide bonds. The summed E-state index contributed by atoms with van der Waals surface area (Å²) in [5, 5.41) is 12.5. The highest BCUT2D eigenvalue weighted by atomic mass is 16.4. The average Bonchev–Trinajstić information content (AvgIpc) is 3.17. The number of aryl methyl sites for hydroxylation is 1. The van der Waals surface area contributed by atoms with Crippen LogP contribution in [0.25, 0.3) is 0 Å². The first-order valence-corrected chi connectivity index (χ1v) is 7.66. The van der Waals surface area contributed by atoms with Crippen molar-refractivity contribution in [2.45, 2.75) is 51.6 Å². The fourth-order valence-electron chi connectivity index (χ4n) is 3.00. The van der Waals surface area contributed by atoms with Crippen LogP contribution in [-0.2, 0) is 13.0 Å². The highest BCUT2D eigenvalue weighted by Gasteiger charge is 2.32. The molecule has 7 nitrogen and oxygen atoms in total. The first kappa shape index (κ1) is 14.2. The summed E-state index contributed by atoms with van der Waals surface area (Å²) in [6.45, 7) is 7.23. The molecule has 0 N–H and O–H groups in total. The van der Waals surface area contributed by atoms with E-state index in [1.807, 2.05) is 11.6 Å². The molecule has 0 radical (unpaired) electrons. The molecule has 1 fully saturated rings. The minimum atomic E-state index is 0.335. The van der Waals surface area contributed by atoms with E-state index in [0.717, 1.165) is 50.7 Å². The predicted octanol–water partition coefficient (Wildman–Crippen LogP) is 1.49. The summed E-state index contributed by atoms with van der Waals surface area (Å²) in [6.07, 6.45) is 6.41. The second-order valence-corrected chi connectivity index (χ2v) is 5.57. The van der Waals surface area contributed by atoms with Gasteiger partial charge in [-0.1, -0.05) is 6.92 Å². The molecule has 0 aliphatic carbocycles. The molecule has 1 aliphatic heterocycles. The zero-order valence-electron chi connectivity index (χ0n) is 12.6. The van der Waals surface area contributed by atoms with Gasteiger partial charge in [0.05, 0.1) is 12.5 Å². The van der Waals surface area contributed by atoms with Crippen LogP contribution in [0.5, 0.6) is 0 Å². The SMILES string of the molecule is CCc1nnc([C@H]2CCCN(CCn3cncn3)[C@H]2C)o1. The van der Waals surface area contributed by atoms with E-state index in [1.165, 1.54) is 0 Å². The molecule has 114 valence electrons. The van der Waals surface area contributed by atoms with E-state index in [2.05, 4.69) is 32.1 Å². The molecule has 0 spiro atoms. The van der Waals surface area contributed by atoms with Gasteiger partial charge < -0.3 is 4.42 Å². The van der Waals surface area contributed by atoms with Crippen molar-refractivity contribution < 1.29 is 4.42 Å². The Labute approximate surface area is 124 Å².